The predicted molar refractivity (Wildman–Crippen MR) is 221 cm³/mol. The van der Waals surface area contributed by atoms with Gasteiger partial charge in [-0.25, -0.2) is 4.79 Å². The highest BCUT2D eigenvalue weighted by molar-refractivity contribution is 5.95. The normalized spacial score (nSPS) is 35.6. The summed E-state index contributed by atoms with van der Waals surface area (Å²) in [7, 11) is 6.10. The van der Waals surface area contributed by atoms with Crippen LogP contribution in [0.3, 0.4) is 0 Å². The lowest BCUT2D eigenvalue weighted by Gasteiger charge is -2.63. The molecule has 9 atom stereocenters. The number of quaternary nitrogens is 1. The molecular formula is C46H56N4O9. The molecule has 13 nitrogen and oxygen atoms in total. The van der Waals surface area contributed by atoms with Gasteiger partial charge in [0.05, 0.1) is 40.5 Å². The molecule has 1 aromatic heterocycles. The van der Waals surface area contributed by atoms with Crippen molar-refractivity contribution in [2.75, 3.05) is 66.0 Å². The van der Waals surface area contributed by atoms with E-state index in [0.29, 0.717) is 69.0 Å². The molecule has 1 saturated heterocycles. The Morgan fingerprint density at radius 2 is 1.81 bits per heavy atom. The zero-order chi connectivity index (χ0) is 41.9. The van der Waals surface area contributed by atoms with Crippen molar-refractivity contribution in [2.45, 2.75) is 87.5 Å². The number of methoxy groups -OCH3 is 3. The van der Waals surface area contributed by atoms with Crippen molar-refractivity contribution < 1.29 is 43.1 Å². The van der Waals surface area contributed by atoms with Gasteiger partial charge in [-0.1, -0.05) is 50.3 Å². The van der Waals surface area contributed by atoms with Gasteiger partial charge in [-0.3, -0.25) is 14.5 Å². The molecule has 2 fully saturated rings. The first-order chi connectivity index (χ1) is 28.2. The van der Waals surface area contributed by atoms with Crippen LogP contribution < -0.4 is 9.64 Å². The molecule has 0 unspecified atom stereocenters. The Morgan fingerprint density at radius 3 is 2.51 bits per heavy atom. The summed E-state index contributed by atoms with van der Waals surface area (Å²) in [6.07, 6.45) is 7.45. The first-order valence-corrected chi connectivity index (χ1v) is 21.0. The third-order valence-electron chi connectivity index (χ3n) is 15.3. The average molecular weight is 809 g/mol. The smallest absolute Gasteiger partial charge is 0.344 e. The Kier molecular flexibility index (Phi) is 9.21. The van der Waals surface area contributed by atoms with E-state index in [4.69, 9.17) is 18.9 Å². The monoisotopic (exact) mass is 808 g/mol. The van der Waals surface area contributed by atoms with Crippen molar-refractivity contribution >= 4 is 34.5 Å². The number of fused-ring (bicyclic) bond motifs is 6. The molecule has 9 rings (SSSR count). The maximum atomic E-state index is 15.3. The number of H-pyrrole nitrogens is 1. The molecule has 1 aliphatic carbocycles. The second-order valence-electron chi connectivity index (χ2n) is 17.9. The van der Waals surface area contributed by atoms with E-state index in [9.17, 15) is 19.9 Å². The predicted octanol–water partition coefficient (Wildman–Crippen LogP) is 4.81. The number of aromatic nitrogens is 1. The van der Waals surface area contributed by atoms with E-state index in [1.165, 1.54) is 21.1 Å². The molecule has 1 spiro atoms. The number of aromatic amines is 1. The fourth-order valence-electron chi connectivity index (χ4n) is 13.3. The Labute approximate surface area is 345 Å². The molecule has 314 valence electrons. The molecule has 0 amide bonds. The Hall–Kier alpha value is -4.69. The topological polar surface area (TPSA) is 154 Å². The number of nitrogens with one attached hydrogen (secondary N) is 1. The lowest BCUT2D eigenvalue weighted by atomic mass is 9.47. The molecule has 2 aromatic carbocycles. The van der Waals surface area contributed by atoms with Crippen LogP contribution in [0.5, 0.6) is 5.75 Å². The number of rotatable bonds is 7. The van der Waals surface area contributed by atoms with E-state index < -0.39 is 51.9 Å². The molecule has 3 aromatic rings. The highest BCUT2D eigenvalue weighted by Crippen LogP contribution is 2.68. The molecule has 2 N–H and O–H groups in total. The molecule has 13 heteroatoms. The summed E-state index contributed by atoms with van der Waals surface area (Å²) in [5.41, 5.74) is -0.0423. The zero-order valence-electron chi connectivity index (χ0n) is 35.1. The van der Waals surface area contributed by atoms with Crippen LogP contribution >= 0.6 is 0 Å². The fraction of sp³-hybridized carbons (Fsp3) is 0.543. The first-order valence-electron chi connectivity index (χ1n) is 21.0. The van der Waals surface area contributed by atoms with Gasteiger partial charge in [-0.15, -0.1) is 0 Å². The van der Waals surface area contributed by atoms with Gasteiger partial charge in [0.2, 0.25) is 5.60 Å². The van der Waals surface area contributed by atoms with Crippen LogP contribution in [0, 0.1) is 16.5 Å². The molecule has 6 aliphatic rings. The minimum atomic E-state index is -2.31. The molecule has 2 bridgehead atoms. The SMILES string of the molecule is CCC1=C[C@H]2C[C@](C(=O)OC)(c3cc4c(cc3OC)N(C)[C@H]3[C@@](O)(C(=O)OC)[C@H](OC(C)=O)[C@]5(CC)C=CCN6CC[C@]43[C@@H]65)c3[nH]c4ccccc4c3CC[N@@+]([O-])(C1)C2. The van der Waals surface area contributed by atoms with Crippen molar-refractivity contribution in [3.63, 3.8) is 0 Å². The van der Waals surface area contributed by atoms with Gasteiger partial charge in [-0.2, -0.15) is 0 Å². The van der Waals surface area contributed by atoms with Crippen LogP contribution in [0.4, 0.5) is 5.69 Å². The quantitative estimate of drug-likeness (QED) is 0.111. The number of hydroxylamine groups is 3. The second kappa shape index (κ2) is 13.7. The van der Waals surface area contributed by atoms with Crippen LogP contribution in [0.25, 0.3) is 10.9 Å². The van der Waals surface area contributed by atoms with Gasteiger partial charge in [0.15, 0.2) is 6.10 Å². The maximum Gasteiger partial charge on any atom is 0.344 e. The third-order valence-corrected chi connectivity index (χ3v) is 15.3. The van der Waals surface area contributed by atoms with E-state index in [1.807, 2.05) is 61.4 Å². The highest BCUT2D eigenvalue weighted by atomic mass is 16.6. The summed E-state index contributed by atoms with van der Waals surface area (Å²) < 4.78 is 23.5. The zero-order valence-corrected chi connectivity index (χ0v) is 35.1. The van der Waals surface area contributed by atoms with Crippen LogP contribution in [0.2, 0.25) is 0 Å². The minimum absolute atomic E-state index is 0.241. The lowest BCUT2D eigenvalue weighted by molar-refractivity contribution is -0.880. The standard InChI is InChI=1S/C46H56N4O9/c1-8-28-21-29-24-45(41(52)57-6,37-31(15-20-50(55,25-28)26-29)30-13-10-11-14-34(30)47-37)33-22-32-35(23-36(33)56-5)48(4)39-44(32)17-19-49-18-12-16-43(9-2,38(44)49)40(59-27(3)51)46(39,54)42(53)58-7/h10-14,16,21-23,29,38-40,47,54H,8-9,15,17-20,24-26H2,1-7H3/t29-,38-,39+,40+,43+,44+,45-,46-,50+/m0/s1. The number of esters is 3. The number of hydrogen-bond donors (Lipinski definition) is 2. The van der Waals surface area contributed by atoms with Crippen molar-refractivity contribution in [2.24, 2.45) is 11.3 Å². The number of ether oxygens (including phenoxy) is 4. The Bertz CT molecular complexity index is 2320. The van der Waals surface area contributed by atoms with Crippen molar-refractivity contribution in [1.82, 2.24) is 9.88 Å². The molecule has 0 radical (unpaired) electrons. The number of para-hydroxylation sites is 1. The van der Waals surface area contributed by atoms with E-state index in [1.54, 1.807) is 7.11 Å². The molecule has 59 heavy (non-hydrogen) atoms. The summed E-state index contributed by atoms with van der Waals surface area (Å²) in [6.45, 7) is 7.76. The molecule has 6 heterocycles. The van der Waals surface area contributed by atoms with Gasteiger partial charge in [0.1, 0.15) is 17.7 Å². The van der Waals surface area contributed by atoms with E-state index >= 15 is 4.79 Å². The number of aliphatic hydroxyl groups is 1. The molecular weight excluding hydrogens is 753 g/mol. The summed E-state index contributed by atoms with van der Waals surface area (Å²) in [6, 6.07) is 10.7. The van der Waals surface area contributed by atoms with Crippen molar-refractivity contribution in [3.05, 3.63) is 87.8 Å². The van der Waals surface area contributed by atoms with E-state index in [-0.39, 0.29) is 23.0 Å². The number of nitrogens with zero attached hydrogens (tertiary/aromatic N) is 3. The van der Waals surface area contributed by atoms with Crippen molar-refractivity contribution in [3.8, 4) is 5.75 Å². The largest absolute Gasteiger partial charge is 0.633 e. The van der Waals surface area contributed by atoms with Crippen molar-refractivity contribution in [1.29, 1.82) is 0 Å². The number of benzene rings is 2. The lowest BCUT2D eigenvalue weighted by Crippen LogP contribution is -2.81. The average Bonchev–Trinajstić information content (AvgIpc) is 3.89. The van der Waals surface area contributed by atoms with E-state index in [2.05, 4.69) is 29.0 Å². The summed E-state index contributed by atoms with van der Waals surface area (Å²) in [5.74, 6) is -1.82. The molecule has 1 saturated carbocycles. The van der Waals surface area contributed by atoms with E-state index in [0.717, 1.165) is 39.7 Å². The highest BCUT2D eigenvalue weighted by Gasteiger charge is 2.80. The van der Waals surface area contributed by atoms with Gasteiger partial charge in [-0.05, 0) is 61.1 Å². The summed E-state index contributed by atoms with van der Waals surface area (Å²) in [4.78, 5) is 50.7. The number of likely N-dealkylation sites (N-methyl/N-ethyl adjacent to an activating group) is 1. The Balaban J connectivity index is 1.38. The van der Waals surface area contributed by atoms with Crippen LogP contribution in [-0.2, 0) is 45.8 Å². The fourth-order valence-corrected chi connectivity index (χ4v) is 13.3. The van der Waals surface area contributed by atoms with Crippen LogP contribution in [-0.4, -0.2) is 122 Å². The maximum absolute atomic E-state index is 15.3. The van der Waals surface area contributed by atoms with Gasteiger partial charge >= 0.3 is 17.9 Å². The summed E-state index contributed by atoms with van der Waals surface area (Å²) in [5, 5.41) is 29.0. The summed E-state index contributed by atoms with van der Waals surface area (Å²) >= 11 is 0. The number of carbonyl (C=O) groups is 3. The number of carbonyl (C=O) groups excluding carboxylic acids is 3. The second-order valence-corrected chi connectivity index (χ2v) is 17.9. The van der Waals surface area contributed by atoms with Gasteiger partial charge in [0, 0.05) is 83.6 Å². The van der Waals surface area contributed by atoms with Gasteiger partial charge in [0.25, 0.3) is 0 Å². The van der Waals surface area contributed by atoms with Crippen LogP contribution in [0.1, 0.15) is 68.8 Å². The van der Waals surface area contributed by atoms with Crippen LogP contribution in [0.15, 0.2) is 60.2 Å². The minimum Gasteiger partial charge on any atom is -0.633 e. The first kappa shape index (κ1) is 39.8. The number of anilines is 1. The molecule has 5 aliphatic heterocycles. The number of hydrogen-bond acceptors (Lipinski definition) is 11. The Morgan fingerprint density at radius 1 is 1.05 bits per heavy atom. The van der Waals surface area contributed by atoms with Gasteiger partial charge < -0.3 is 43.8 Å². The third kappa shape index (κ3) is 5.14.